The van der Waals surface area contributed by atoms with Gasteiger partial charge in [-0.2, -0.15) is 5.10 Å². The molecule has 9 heteroatoms. The van der Waals surface area contributed by atoms with E-state index in [1.807, 2.05) is 6.92 Å². The number of carbonyl (C=O) groups is 2. The van der Waals surface area contributed by atoms with E-state index in [1.54, 1.807) is 13.0 Å². The molecule has 1 aliphatic rings. The van der Waals surface area contributed by atoms with Crippen LogP contribution in [0.3, 0.4) is 0 Å². The SMILES string of the molecule is CCC1CC(=O)NC(n2nc(C)cc2NC(=O)c2ccc(F)c(F)c2)N1. The smallest absolute Gasteiger partial charge is 0.256 e. The molecule has 0 aliphatic carbocycles. The van der Waals surface area contributed by atoms with Crippen LogP contribution in [-0.4, -0.2) is 27.6 Å². The van der Waals surface area contributed by atoms with Crippen molar-refractivity contribution in [3.63, 3.8) is 0 Å². The fourth-order valence-corrected chi connectivity index (χ4v) is 2.79. The van der Waals surface area contributed by atoms with Crippen molar-refractivity contribution >= 4 is 17.6 Å². The highest BCUT2D eigenvalue weighted by molar-refractivity contribution is 6.03. The number of benzene rings is 1. The van der Waals surface area contributed by atoms with Crippen LogP contribution in [0, 0.1) is 18.6 Å². The Morgan fingerprint density at radius 1 is 1.35 bits per heavy atom. The van der Waals surface area contributed by atoms with Gasteiger partial charge >= 0.3 is 0 Å². The number of halogens is 2. The molecule has 3 N–H and O–H groups in total. The van der Waals surface area contributed by atoms with E-state index in [4.69, 9.17) is 0 Å². The molecule has 0 radical (unpaired) electrons. The maximum absolute atomic E-state index is 13.3. The van der Waals surface area contributed by atoms with E-state index in [1.165, 1.54) is 10.7 Å². The number of hydrogen-bond donors (Lipinski definition) is 3. The van der Waals surface area contributed by atoms with Crippen LogP contribution in [0.4, 0.5) is 14.6 Å². The average Bonchev–Trinajstić information content (AvgIpc) is 2.97. The predicted molar refractivity (Wildman–Crippen MR) is 90.3 cm³/mol. The van der Waals surface area contributed by atoms with Crippen LogP contribution < -0.4 is 16.0 Å². The highest BCUT2D eigenvalue weighted by atomic mass is 19.2. The molecule has 1 aromatic carbocycles. The van der Waals surface area contributed by atoms with Crippen molar-refractivity contribution in [2.24, 2.45) is 0 Å². The molecule has 0 spiro atoms. The lowest BCUT2D eigenvalue weighted by Crippen LogP contribution is -2.53. The van der Waals surface area contributed by atoms with E-state index in [0.717, 1.165) is 18.6 Å². The number of nitrogens with zero attached hydrogens (tertiary/aromatic N) is 2. The molecule has 2 amide bonds. The Morgan fingerprint density at radius 2 is 2.12 bits per heavy atom. The van der Waals surface area contributed by atoms with Crippen molar-refractivity contribution in [3.05, 3.63) is 47.2 Å². The monoisotopic (exact) mass is 363 g/mol. The minimum atomic E-state index is -1.10. The summed E-state index contributed by atoms with van der Waals surface area (Å²) in [6.45, 7) is 3.71. The number of hydrogen-bond acceptors (Lipinski definition) is 4. The molecule has 1 aromatic heterocycles. The maximum Gasteiger partial charge on any atom is 0.256 e. The summed E-state index contributed by atoms with van der Waals surface area (Å²) in [5, 5.41) is 12.9. The largest absolute Gasteiger partial charge is 0.322 e. The molecule has 3 rings (SSSR count). The molecule has 26 heavy (non-hydrogen) atoms. The third kappa shape index (κ3) is 3.72. The first kappa shape index (κ1) is 18.0. The Labute approximate surface area is 148 Å². The van der Waals surface area contributed by atoms with Crippen molar-refractivity contribution in [2.75, 3.05) is 5.32 Å². The number of nitrogens with one attached hydrogen (secondary N) is 3. The van der Waals surface area contributed by atoms with Crippen LogP contribution in [0.2, 0.25) is 0 Å². The summed E-state index contributed by atoms with van der Waals surface area (Å²) in [6.07, 6.45) is 0.514. The summed E-state index contributed by atoms with van der Waals surface area (Å²) >= 11 is 0. The van der Waals surface area contributed by atoms with Crippen LogP contribution >= 0.6 is 0 Å². The highest BCUT2D eigenvalue weighted by Crippen LogP contribution is 2.19. The molecular formula is C17H19F2N5O2. The van der Waals surface area contributed by atoms with Crippen LogP contribution in [0.5, 0.6) is 0 Å². The van der Waals surface area contributed by atoms with E-state index in [-0.39, 0.29) is 17.5 Å². The van der Waals surface area contributed by atoms with Crippen LogP contribution in [0.1, 0.15) is 42.1 Å². The Bertz CT molecular complexity index is 852. The highest BCUT2D eigenvalue weighted by Gasteiger charge is 2.28. The molecule has 0 bridgehead atoms. The van der Waals surface area contributed by atoms with Gasteiger partial charge in [-0.1, -0.05) is 6.92 Å². The minimum absolute atomic E-state index is 0.00648. The molecule has 1 aliphatic heterocycles. The van der Waals surface area contributed by atoms with Gasteiger partial charge in [0.05, 0.1) is 5.69 Å². The van der Waals surface area contributed by atoms with Gasteiger partial charge in [-0.25, -0.2) is 13.5 Å². The Morgan fingerprint density at radius 3 is 2.81 bits per heavy atom. The lowest BCUT2D eigenvalue weighted by Gasteiger charge is -2.31. The quantitative estimate of drug-likeness (QED) is 0.776. The lowest BCUT2D eigenvalue weighted by atomic mass is 10.1. The summed E-state index contributed by atoms with van der Waals surface area (Å²) in [7, 11) is 0. The normalized spacial score (nSPS) is 19.9. The summed E-state index contributed by atoms with van der Waals surface area (Å²) in [4.78, 5) is 24.2. The fraction of sp³-hybridized carbons (Fsp3) is 0.353. The average molecular weight is 363 g/mol. The Hall–Kier alpha value is -2.81. The molecule has 2 unspecified atom stereocenters. The molecule has 1 fully saturated rings. The standard InChI is InChI=1S/C17H19F2N5O2/c1-3-11-8-15(25)22-17(20-11)24-14(6-9(2)23-24)21-16(26)10-4-5-12(18)13(19)7-10/h4-7,11,17,20H,3,8H2,1-2H3,(H,21,26)(H,22,25). The second-order valence-corrected chi connectivity index (χ2v) is 6.14. The first-order valence-electron chi connectivity index (χ1n) is 8.25. The van der Waals surface area contributed by atoms with Gasteiger partial charge in [0.15, 0.2) is 17.9 Å². The van der Waals surface area contributed by atoms with E-state index in [2.05, 4.69) is 21.0 Å². The van der Waals surface area contributed by atoms with Gasteiger partial charge in [0, 0.05) is 24.1 Å². The van der Waals surface area contributed by atoms with Gasteiger partial charge in [-0.05, 0) is 31.5 Å². The van der Waals surface area contributed by atoms with Gasteiger partial charge in [0.25, 0.3) is 5.91 Å². The first-order valence-corrected chi connectivity index (χ1v) is 8.25. The molecule has 0 saturated carbocycles. The summed E-state index contributed by atoms with van der Waals surface area (Å²) in [5.74, 6) is -2.53. The number of carbonyl (C=O) groups excluding carboxylic acids is 2. The Kier molecular flexibility index (Phi) is 4.99. The van der Waals surface area contributed by atoms with Gasteiger partial charge in [-0.3, -0.25) is 14.9 Å². The molecule has 2 heterocycles. The van der Waals surface area contributed by atoms with Crippen LogP contribution in [0.15, 0.2) is 24.3 Å². The molecule has 2 atom stereocenters. The maximum atomic E-state index is 13.3. The van der Waals surface area contributed by atoms with E-state index < -0.39 is 23.8 Å². The number of anilines is 1. The van der Waals surface area contributed by atoms with Crippen molar-refractivity contribution in [1.82, 2.24) is 20.4 Å². The lowest BCUT2D eigenvalue weighted by molar-refractivity contribution is -0.125. The number of amides is 2. The third-order valence-corrected chi connectivity index (χ3v) is 4.14. The van der Waals surface area contributed by atoms with E-state index in [0.29, 0.717) is 17.9 Å². The zero-order chi connectivity index (χ0) is 18.8. The zero-order valence-electron chi connectivity index (χ0n) is 14.3. The number of aryl methyl sites for hydroxylation is 1. The summed E-state index contributed by atoms with van der Waals surface area (Å²) in [5.41, 5.74) is 0.599. The number of aromatic nitrogens is 2. The number of rotatable bonds is 4. The summed E-state index contributed by atoms with van der Waals surface area (Å²) in [6, 6.07) is 4.53. The molecular weight excluding hydrogens is 344 g/mol. The van der Waals surface area contributed by atoms with Crippen molar-refractivity contribution < 1.29 is 18.4 Å². The fourth-order valence-electron chi connectivity index (χ4n) is 2.79. The van der Waals surface area contributed by atoms with Crippen molar-refractivity contribution in [2.45, 2.75) is 39.0 Å². The molecule has 7 nitrogen and oxygen atoms in total. The van der Waals surface area contributed by atoms with Gasteiger partial charge < -0.3 is 10.6 Å². The molecule has 138 valence electrons. The van der Waals surface area contributed by atoms with Crippen molar-refractivity contribution in [1.29, 1.82) is 0 Å². The van der Waals surface area contributed by atoms with Crippen molar-refractivity contribution in [3.8, 4) is 0 Å². The third-order valence-electron chi connectivity index (χ3n) is 4.14. The second kappa shape index (κ2) is 7.20. The Balaban J connectivity index is 1.83. The van der Waals surface area contributed by atoms with Gasteiger partial charge in [-0.15, -0.1) is 0 Å². The topological polar surface area (TPSA) is 88.1 Å². The van der Waals surface area contributed by atoms with E-state index in [9.17, 15) is 18.4 Å². The zero-order valence-corrected chi connectivity index (χ0v) is 14.3. The first-order chi connectivity index (χ1) is 12.4. The molecule has 2 aromatic rings. The summed E-state index contributed by atoms with van der Waals surface area (Å²) < 4.78 is 27.8. The van der Waals surface area contributed by atoms with Crippen LogP contribution in [0.25, 0.3) is 0 Å². The predicted octanol–water partition coefficient (Wildman–Crippen LogP) is 2.07. The minimum Gasteiger partial charge on any atom is -0.322 e. The molecule has 1 saturated heterocycles. The van der Waals surface area contributed by atoms with E-state index >= 15 is 0 Å². The van der Waals surface area contributed by atoms with Gasteiger partial charge in [0.2, 0.25) is 5.91 Å². The van der Waals surface area contributed by atoms with Gasteiger partial charge in [0.1, 0.15) is 5.82 Å². The van der Waals surface area contributed by atoms with Crippen LogP contribution in [-0.2, 0) is 4.79 Å². The second-order valence-electron chi connectivity index (χ2n) is 6.14.